The number of hydrogen-bond acceptors (Lipinski definition) is 4. The lowest BCUT2D eigenvalue weighted by Crippen LogP contribution is -2.38. The van der Waals surface area contributed by atoms with E-state index in [2.05, 4.69) is 5.16 Å². The second kappa shape index (κ2) is 8.15. The zero-order chi connectivity index (χ0) is 18.6. The number of aryl methyl sites for hydroxylation is 1. The molecule has 5 heteroatoms. The first-order valence-corrected chi connectivity index (χ1v) is 10.2. The SMILES string of the molecule is CCOc1ccc(CC(=O)N2CCC(c3onc4c3CCCC4)CC2)cc1. The number of rotatable bonds is 5. The number of piperidine rings is 1. The number of aromatic nitrogens is 1. The number of benzene rings is 1. The van der Waals surface area contributed by atoms with Gasteiger partial charge in [-0.05, 0) is 63.1 Å². The molecule has 2 heterocycles. The first-order chi connectivity index (χ1) is 13.2. The Bertz CT molecular complexity index is 773. The van der Waals surface area contributed by atoms with E-state index in [1.807, 2.05) is 36.1 Å². The average molecular weight is 368 g/mol. The molecule has 27 heavy (non-hydrogen) atoms. The number of fused-ring (bicyclic) bond motifs is 1. The van der Waals surface area contributed by atoms with Crippen molar-refractivity contribution in [3.63, 3.8) is 0 Å². The average Bonchev–Trinajstić information content (AvgIpc) is 3.14. The Labute approximate surface area is 160 Å². The van der Waals surface area contributed by atoms with E-state index in [4.69, 9.17) is 9.26 Å². The maximum absolute atomic E-state index is 12.7. The zero-order valence-electron chi connectivity index (χ0n) is 16.1. The molecule has 0 radical (unpaired) electrons. The van der Waals surface area contributed by atoms with Crippen molar-refractivity contribution in [2.24, 2.45) is 0 Å². The molecule has 1 aliphatic heterocycles. The van der Waals surface area contributed by atoms with E-state index in [1.54, 1.807) is 0 Å². The van der Waals surface area contributed by atoms with Crippen LogP contribution in [0, 0.1) is 0 Å². The van der Waals surface area contributed by atoms with Gasteiger partial charge in [0.15, 0.2) is 0 Å². The molecule has 1 amide bonds. The van der Waals surface area contributed by atoms with Crippen LogP contribution in [-0.4, -0.2) is 35.7 Å². The Morgan fingerprint density at radius 3 is 2.67 bits per heavy atom. The van der Waals surface area contributed by atoms with Crippen molar-refractivity contribution < 1.29 is 14.1 Å². The molecule has 1 aliphatic carbocycles. The van der Waals surface area contributed by atoms with Crippen molar-refractivity contribution in [2.75, 3.05) is 19.7 Å². The van der Waals surface area contributed by atoms with Gasteiger partial charge in [-0.2, -0.15) is 0 Å². The fourth-order valence-corrected chi connectivity index (χ4v) is 4.28. The maximum Gasteiger partial charge on any atom is 0.226 e. The van der Waals surface area contributed by atoms with E-state index in [0.717, 1.165) is 55.8 Å². The van der Waals surface area contributed by atoms with Crippen LogP contribution in [0.2, 0.25) is 0 Å². The third-order valence-electron chi connectivity index (χ3n) is 5.80. The van der Waals surface area contributed by atoms with E-state index in [9.17, 15) is 4.79 Å². The Kier molecular flexibility index (Phi) is 5.46. The summed E-state index contributed by atoms with van der Waals surface area (Å²) in [6.45, 7) is 4.23. The third-order valence-corrected chi connectivity index (χ3v) is 5.80. The van der Waals surface area contributed by atoms with Crippen LogP contribution >= 0.6 is 0 Å². The van der Waals surface area contributed by atoms with Gasteiger partial charge in [0.05, 0.1) is 18.7 Å². The standard InChI is InChI=1S/C22H28N2O3/c1-2-26-18-9-7-16(8-10-18)15-21(25)24-13-11-17(12-14-24)22-19-5-3-4-6-20(19)23-27-22/h7-10,17H,2-6,11-15H2,1H3. The Hall–Kier alpha value is -2.30. The van der Waals surface area contributed by atoms with Crippen molar-refractivity contribution in [1.82, 2.24) is 10.1 Å². The summed E-state index contributed by atoms with van der Waals surface area (Å²) in [7, 11) is 0. The van der Waals surface area contributed by atoms with Crippen LogP contribution in [0.4, 0.5) is 0 Å². The first-order valence-electron chi connectivity index (χ1n) is 10.2. The summed E-state index contributed by atoms with van der Waals surface area (Å²) in [5.74, 6) is 2.57. The lowest BCUT2D eigenvalue weighted by atomic mass is 9.87. The van der Waals surface area contributed by atoms with Gasteiger partial charge in [0.25, 0.3) is 0 Å². The number of carbonyl (C=O) groups excluding carboxylic acids is 1. The van der Waals surface area contributed by atoms with Crippen molar-refractivity contribution in [2.45, 2.75) is 57.8 Å². The molecule has 0 spiro atoms. The summed E-state index contributed by atoms with van der Waals surface area (Å²) < 4.78 is 11.2. The molecule has 1 aromatic heterocycles. The maximum atomic E-state index is 12.7. The molecule has 4 rings (SSSR count). The van der Waals surface area contributed by atoms with E-state index in [1.165, 1.54) is 24.1 Å². The van der Waals surface area contributed by atoms with Gasteiger partial charge in [-0.15, -0.1) is 0 Å². The van der Waals surface area contributed by atoms with Gasteiger partial charge in [0, 0.05) is 24.6 Å². The quantitative estimate of drug-likeness (QED) is 0.803. The number of hydrogen-bond donors (Lipinski definition) is 0. The minimum atomic E-state index is 0.206. The van der Waals surface area contributed by atoms with Gasteiger partial charge in [-0.3, -0.25) is 4.79 Å². The van der Waals surface area contributed by atoms with Crippen LogP contribution < -0.4 is 4.74 Å². The number of nitrogens with zero attached hydrogens (tertiary/aromatic N) is 2. The number of likely N-dealkylation sites (tertiary alicyclic amines) is 1. The molecular formula is C22H28N2O3. The number of carbonyl (C=O) groups is 1. The highest BCUT2D eigenvalue weighted by Gasteiger charge is 2.30. The lowest BCUT2D eigenvalue weighted by molar-refractivity contribution is -0.131. The Balaban J connectivity index is 1.32. The number of amides is 1. The van der Waals surface area contributed by atoms with Crippen LogP contribution in [0.15, 0.2) is 28.8 Å². The fraction of sp³-hybridized carbons (Fsp3) is 0.545. The van der Waals surface area contributed by atoms with Crippen LogP contribution in [0.5, 0.6) is 5.75 Å². The van der Waals surface area contributed by atoms with Gasteiger partial charge < -0.3 is 14.2 Å². The van der Waals surface area contributed by atoms with Gasteiger partial charge in [-0.25, -0.2) is 0 Å². The largest absolute Gasteiger partial charge is 0.494 e. The van der Waals surface area contributed by atoms with Crippen LogP contribution in [0.1, 0.15) is 61.1 Å². The van der Waals surface area contributed by atoms with E-state index >= 15 is 0 Å². The molecule has 1 saturated heterocycles. The van der Waals surface area contributed by atoms with Crippen LogP contribution in [0.3, 0.4) is 0 Å². The molecule has 1 aromatic carbocycles. The number of ether oxygens (including phenoxy) is 1. The molecule has 1 fully saturated rings. The van der Waals surface area contributed by atoms with Crippen LogP contribution in [-0.2, 0) is 24.1 Å². The summed E-state index contributed by atoms with van der Waals surface area (Å²) >= 11 is 0. The summed E-state index contributed by atoms with van der Waals surface area (Å²) in [6.07, 6.45) is 7.00. The van der Waals surface area contributed by atoms with Crippen molar-refractivity contribution >= 4 is 5.91 Å². The Morgan fingerprint density at radius 2 is 1.93 bits per heavy atom. The molecule has 0 saturated carbocycles. The Morgan fingerprint density at radius 1 is 1.19 bits per heavy atom. The van der Waals surface area contributed by atoms with Crippen molar-refractivity contribution in [3.05, 3.63) is 46.8 Å². The smallest absolute Gasteiger partial charge is 0.226 e. The van der Waals surface area contributed by atoms with Gasteiger partial charge in [0.2, 0.25) is 5.91 Å². The predicted molar refractivity (Wildman–Crippen MR) is 103 cm³/mol. The molecule has 5 nitrogen and oxygen atoms in total. The summed E-state index contributed by atoms with van der Waals surface area (Å²) in [4.78, 5) is 14.7. The summed E-state index contributed by atoms with van der Waals surface area (Å²) in [5.41, 5.74) is 3.57. The molecule has 0 N–H and O–H groups in total. The zero-order valence-corrected chi connectivity index (χ0v) is 16.1. The second-order valence-corrected chi connectivity index (χ2v) is 7.59. The van der Waals surface area contributed by atoms with E-state index in [0.29, 0.717) is 18.9 Å². The monoisotopic (exact) mass is 368 g/mol. The fourth-order valence-electron chi connectivity index (χ4n) is 4.28. The van der Waals surface area contributed by atoms with Gasteiger partial charge >= 0.3 is 0 Å². The predicted octanol–water partition coefficient (Wildman–Crippen LogP) is 3.90. The molecule has 2 aromatic rings. The highest BCUT2D eigenvalue weighted by atomic mass is 16.5. The highest BCUT2D eigenvalue weighted by Crippen LogP contribution is 2.34. The molecular weight excluding hydrogens is 340 g/mol. The second-order valence-electron chi connectivity index (χ2n) is 7.59. The normalized spacial score (nSPS) is 17.6. The summed E-state index contributed by atoms with van der Waals surface area (Å²) in [6, 6.07) is 7.84. The van der Waals surface area contributed by atoms with Gasteiger partial charge in [-0.1, -0.05) is 17.3 Å². The van der Waals surface area contributed by atoms with E-state index < -0.39 is 0 Å². The molecule has 144 valence electrons. The lowest BCUT2D eigenvalue weighted by Gasteiger charge is -2.31. The highest BCUT2D eigenvalue weighted by molar-refractivity contribution is 5.79. The van der Waals surface area contributed by atoms with E-state index in [-0.39, 0.29) is 5.91 Å². The first kappa shape index (κ1) is 18.1. The van der Waals surface area contributed by atoms with Crippen molar-refractivity contribution in [1.29, 1.82) is 0 Å². The summed E-state index contributed by atoms with van der Waals surface area (Å²) in [5, 5.41) is 4.30. The van der Waals surface area contributed by atoms with Crippen molar-refractivity contribution in [3.8, 4) is 5.75 Å². The van der Waals surface area contributed by atoms with Crippen LogP contribution in [0.25, 0.3) is 0 Å². The third kappa shape index (κ3) is 4.02. The molecule has 0 unspecified atom stereocenters. The van der Waals surface area contributed by atoms with Gasteiger partial charge in [0.1, 0.15) is 11.5 Å². The minimum Gasteiger partial charge on any atom is -0.494 e. The molecule has 0 bridgehead atoms. The molecule has 0 atom stereocenters. The molecule has 2 aliphatic rings. The minimum absolute atomic E-state index is 0.206. The topological polar surface area (TPSA) is 55.6 Å².